The first kappa shape index (κ1) is 10.0. The highest BCUT2D eigenvalue weighted by Crippen LogP contribution is 2.31. The molecule has 1 fully saturated rings. The minimum absolute atomic E-state index is 0.0430. The molecule has 3 nitrogen and oxygen atoms in total. The van der Waals surface area contributed by atoms with Crippen LogP contribution in [0.15, 0.2) is 24.3 Å². The summed E-state index contributed by atoms with van der Waals surface area (Å²) in [6, 6.07) is 6.60. The predicted molar refractivity (Wildman–Crippen MR) is 57.8 cm³/mol. The van der Waals surface area contributed by atoms with Gasteiger partial charge in [-0.25, -0.2) is 0 Å². The fraction of sp³-hybridized carbons (Fsp3) is 0.417. The van der Waals surface area contributed by atoms with E-state index >= 15 is 0 Å². The van der Waals surface area contributed by atoms with Gasteiger partial charge < -0.3 is 10.4 Å². The number of aromatic hydroxyl groups is 1. The van der Waals surface area contributed by atoms with Crippen molar-refractivity contribution in [2.24, 2.45) is 5.92 Å². The maximum Gasteiger partial charge on any atom is 0.255 e. The summed E-state index contributed by atoms with van der Waals surface area (Å²) in [6.07, 6.45) is 3.65. The lowest BCUT2D eigenvalue weighted by molar-refractivity contribution is 0.0950. The average Bonchev–Trinajstić information content (AvgIpc) is 3.02. The molecule has 1 aliphatic rings. The number of rotatable bonds is 4. The van der Waals surface area contributed by atoms with Gasteiger partial charge in [0.15, 0.2) is 0 Å². The Kier molecular flexibility index (Phi) is 2.90. The first-order chi connectivity index (χ1) is 7.27. The van der Waals surface area contributed by atoms with E-state index in [1.165, 1.54) is 18.9 Å². The lowest BCUT2D eigenvalue weighted by Crippen LogP contribution is -2.24. The first-order valence-electron chi connectivity index (χ1n) is 5.33. The number of phenolic OH excluding ortho intramolecular Hbond substituents is 1. The highest BCUT2D eigenvalue weighted by molar-refractivity contribution is 5.96. The van der Waals surface area contributed by atoms with Gasteiger partial charge in [-0.15, -0.1) is 0 Å². The predicted octanol–water partition coefficient (Wildman–Crippen LogP) is 1.92. The Morgan fingerprint density at radius 1 is 1.40 bits per heavy atom. The van der Waals surface area contributed by atoms with Crippen molar-refractivity contribution in [1.29, 1.82) is 0 Å². The topological polar surface area (TPSA) is 49.3 Å². The van der Waals surface area contributed by atoms with Gasteiger partial charge in [-0.2, -0.15) is 0 Å². The molecule has 1 saturated carbocycles. The number of phenols is 1. The van der Waals surface area contributed by atoms with Gasteiger partial charge in [0.05, 0.1) is 5.56 Å². The molecule has 0 saturated heterocycles. The molecule has 1 aromatic rings. The fourth-order valence-electron chi connectivity index (χ4n) is 1.56. The fourth-order valence-corrected chi connectivity index (χ4v) is 1.56. The third-order valence-corrected chi connectivity index (χ3v) is 2.68. The molecule has 0 spiro atoms. The van der Waals surface area contributed by atoms with Crippen molar-refractivity contribution in [2.45, 2.75) is 19.3 Å². The SMILES string of the molecule is O=C(NCCC1CC1)c1ccccc1O. The number of hydrogen-bond acceptors (Lipinski definition) is 2. The van der Waals surface area contributed by atoms with Crippen LogP contribution in [0.5, 0.6) is 5.75 Å². The Labute approximate surface area is 89.1 Å². The van der Waals surface area contributed by atoms with Crippen molar-refractivity contribution in [3.05, 3.63) is 29.8 Å². The molecule has 0 radical (unpaired) electrons. The van der Waals surface area contributed by atoms with Crippen LogP contribution in [0, 0.1) is 5.92 Å². The van der Waals surface area contributed by atoms with E-state index in [-0.39, 0.29) is 11.7 Å². The number of hydrogen-bond donors (Lipinski definition) is 2. The van der Waals surface area contributed by atoms with E-state index in [1.807, 2.05) is 0 Å². The van der Waals surface area contributed by atoms with Crippen molar-refractivity contribution in [2.75, 3.05) is 6.54 Å². The second kappa shape index (κ2) is 4.34. The second-order valence-corrected chi connectivity index (χ2v) is 4.01. The first-order valence-corrected chi connectivity index (χ1v) is 5.33. The standard InChI is InChI=1S/C12H15NO2/c14-11-4-2-1-3-10(11)12(15)13-8-7-9-5-6-9/h1-4,9,14H,5-8H2,(H,13,15). The van der Waals surface area contributed by atoms with Gasteiger partial charge in [-0.05, 0) is 24.5 Å². The van der Waals surface area contributed by atoms with Crippen LogP contribution in [0.25, 0.3) is 0 Å². The summed E-state index contributed by atoms with van der Waals surface area (Å²) >= 11 is 0. The quantitative estimate of drug-likeness (QED) is 0.789. The number of benzene rings is 1. The van der Waals surface area contributed by atoms with Gasteiger partial charge in [-0.3, -0.25) is 4.79 Å². The van der Waals surface area contributed by atoms with Crippen LogP contribution >= 0.6 is 0 Å². The van der Waals surface area contributed by atoms with Crippen LogP contribution in [-0.4, -0.2) is 17.6 Å². The van der Waals surface area contributed by atoms with E-state index in [0.29, 0.717) is 12.1 Å². The van der Waals surface area contributed by atoms with Crippen LogP contribution in [0.2, 0.25) is 0 Å². The van der Waals surface area contributed by atoms with Crippen LogP contribution in [-0.2, 0) is 0 Å². The van der Waals surface area contributed by atoms with E-state index in [4.69, 9.17) is 0 Å². The van der Waals surface area contributed by atoms with E-state index in [0.717, 1.165) is 12.3 Å². The molecule has 0 atom stereocenters. The van der Waals surface area contributed by atoms with Crippen molar-refractivity contribution in [3.8, 4) is 5.75 Å². The van der Waals surface area contributed by atoms with Crippen molar-refractivity contribution < 1.29 is 9.90 Å². The maximum atomic E-state index is 11.6. The minimum atomic E-state index is -0.186. The van der Waals surface area contributed by atoms with Crippen molar-refractivity contribution in [1.82, 2.24) is 5.32 Å². The van der Waals surface area contributed by atoms with Crippen molar-refractivity contribution in [3.63, 3.8) is 0 Å². The van der Waals surface area contributed by atoms with Crippen molar-refractivity contribution >= 4 is 5.91 Å². The smallest absolute Gasteiger partial charge is 0.255 e. The van der Waals surface area contributed by atoms with E-state index in [9.17, 15) is 9.90 Å². The zero-order chi connectivity index (χ0) is 10.7. The average molecular weight is 205 g/mol. The molecule has 0 unspecified atom stereocenters. The number of carbonyl (C=O) groups is 1. The lowest BCUT2D eigenvalue weighted by Gasteiger charge is -2.05. The number of para-hydroxylation sites is 1. The summed E-state index contributed by atoms with van der Waals surface area (Å²) in [5.41, 5.74) is 0.355. The summed E-state index contributed by atoms with van der Waals surface area (Å²) in [4.78, 5) is 11.6. The Hall–Kier alpha value is -1.51. The Balaban J connectivity index is 1.86. The van der Waals surface area contributed by atoms with Gasteiger partial charge in [0.1, 0.15) is 5.75 Å². The molecular formula is C12H15NO2. The van der Waals surface area contributed by atoms with Crippen LogP contribution in [0.3, 0.4) is 0 Å². The molecule has 0 heterocycles. The monoisotopic (exact) mass is 205 g/mol. The second-order valence-electron chi connectivity index (χ2n) is 4.01. The van der Waals surface area contributed by atoms with Gasteiger partial charge in [0.25, 0.3) is 5.91 Å². The molecule has 0 bridgehead atoms. The van der Waals surface area contributed by atoms with E-state index < -0.39 is 0 Å². The highest BCUT2D eigenvalue weighted by Gasteiger charge is 2.20. The molecule has 0 aliphatic heterocycles. The summed E-state index contributed by atoms with van der Waals surface area (Å²) < 4.78 is 0. The number of nitrogens with one attached hydrogen (secondary N) is 1. The molecular weight excluding hydrogens is 190 g/mol. The van der Waals surface area contributed by atoms with Gasteiger partial charge in [-0.1, -0.05) is 25.0 Å². The van der Waals surface area contributed by atoms with E-state index in [1.54, 1.807) is 18.2 Å². The third-order valence-electron chi connectivity index (χ3n) is 2.68. The van der Waals surface area contributed by atoms with Gasteiger partial charge >= 0.3 is 0 Å². The summed E-state index contributed by atoms with van der Waals surface area (Å²) in [5, 5.41) is 12.3. The highest BCUT2D eigenvalue weighted by atomic mass is 16.3. The molecule has 1 aliphatic carbocycles. The largest absolute Gasteiger partial charge is 0.507 e. The maximum absolute atomic E-state index is 11.6. The molecule has 15 heavy (non-hydrogen) atoms. The Morgan fingerprint density at radius 3 is 2.80 bits per heavy atom. The number of amides is 1. The van der Waals surface area contributed by atoms with Crippen LogP contribution in [0.1, 0.15) is 29.6 Å². The molecule has 3 heteroatoms. The number of carbonyl (C=O) groups excluding carboxylic acids is 1. The Bertz CT molecular complexity index is 358. The summed E-state index contributed by atoms with van der Waals surface area (Å²) in [5.74, 6) is 0.671. The van der Waals surface area contributed by atoms with Crippen LogP contribution in [0.4, 0.5) is 0 Å². The normalized spacial score (nSPS) is 14.9. The summed E-state index contributed by atoms with van der Waals surface area (Å²) in [6.45, 7) is 0.706. The zero-order valence-corrected chi connectivity index (χ0v) is 8.57. The summed E-state index contributed by atoms with van der Waals surface area (Å²) in [7, 11) is 0. The van der Waals surface area contributed by atoms with E-state index in [2.05, 4.69) is 5.32 Å². The minimum Gasteiger partial charge on any atom is -0.507 e. The zero-order valence-electron chi connectivity index (χ0n) is 8.57. The van der Waals surface area contributed by atoms with Gasteiger partial charge in [0, 0.05) is 6.54 Å². The molecule has 2 N–H and O–H groups in total. The van der Waals surface area contributed by atoms with Gasteiger partial charge in [0.2, 0.25) is 0 Å². The molecule has 80 valence electrons. The Morgan fingerprint density at radius 2 is 2.13 bits per heavy atom. The molecule has 0 aromatic heterocycles. The molecule has 1 amide bonds. The lowest BCUT2D eigenvalue weighted by atomic mass is 10.2. The third kappa shape index (κ3) is 2.72. The molecule has 2 rings (SSSR count). The molecule has 1 aromatic carbocycles. The van der Waals surface area contributed by atoms with Crippen LogP contribution < -0.4 is 5.32 Å².